The zero-order valence-corrected chi connectivity index (χ0v) is 13.8. The lowest BCUT2D eigenvalue weighted by atomic mass is 9.78. The maximum Gasteiger partial charge on any atom is 0.321 e. The molecule has 2 fully saturated rings. The summed E-state index contributed by atoms with van der Waals surface area (Å²) in [4.78, 5) is 30.2. The van der Waals surface area contributed by atoms with Crippen LogP contribution in [0, 0.1) is 12.3 Å². The van der Waals surface area contributed by atoms with Crippen LogP contribution in [0.15, 0.2) is 12.3 Å². The molecule has 2 aliphatic heterocycles. The molecule has 0 aliphatic carbocycles. The van der Waals surface area contributed by atoms with Gasteiger partial charge in [-0.1, -0.05) is 6.92 Å². The van der Waals surface area contributed by atoms with Crippen LogP contribution in [0.3, 0.4) is 0 Å². The molecule has 2 N–H and O–H groups in total. The van der Waals surface area contributed by atoms with E-state index >= 15 is 0 Å². The highest BCUT2D eigenvalue weighted by Crippen LogP contribution is 2.37. The van der Waals surface area contributed by atoms with Crippen molar-refractivity contribution in [1.29, 1.82) is 0 Å². The van der Waals surface area contributed by atoms with Crippen LogP contribution in [-0.4, -0.2) is 41.5 Å². The lowest BCUT2D eigenvalue weighted by molar-refractivity contribution is -0.119. The number of hydrogen-bond donors (Lipinski definition) is 2. The molecule has 0 aromatic carbocycles. The van der Waals surface area contributed by atoms with Crippen molar-refractivity contribution in [2.45, 2.75) is 39.5 Å². The summed E-state index contributed by atoms with van der Waals surface area (Å²) in [7, 11) is 0. The molecular formula is C17H24N4O2. The predicted molar refractivity (Wildman–Crippen MR) is 88.2 cm³/mol. The molecule has 0 unspecified atom stereocenters. The zero-order chi connectivity index (χ0) is 16.4. The van der Waals surface area contributed by atoms with Gasteiger partial charge < -0.3 is 15.5 Å². The summed E-state index contributed by atoms with van der Waals surface area (Å²) in [6, 6.07) is 1.85. The summed E-state index contributed by atoms with van der Waals surface area (Å²) < 4.78 is 0. The lowest BCUT2D eigenvalue weighted by Crippen LogP contribution is -2.45. The van der Waals surface area contributed by atoms with Gasteiger partial charge in [-0.05, 0) is 43.2 Å². The number of carbonyl (C=O) groups excluding carboxylic acids is 2. The molecule has 23 heavy (non-hydrogen) atoms. The van der Waals surface area contributed by atoms with Crippen molar-refractivity contribution in [2.24, 2.45) is 5.41 Å². The molecule has 0 atom stereocenters. The lowest BCUT2D eigenvalue weighted by Gasteiger charge is -2.38. The Labute approximate surface area is 136 Å². The van der Waals surface area contributed by atoms with E-state index in [1.54, 1.807) is 6.20 Å². The standard InChI is InChI=1S/C17H24N4O2/c1-3-13-15(12(2)4-7-18-13)20-16(23)21-8-5-17(6-9-21)10-14(22)19-11-17/h4,7H,3,5-6,8-11H2,1-2H3,(H,19,22)(H,20,23). The van der Waals surface area contributed by atoms with Crippen LogP contribution in [0.25, 0.3) is 0 Å². The van der Waals surface area contributed by atoms with E-state index in [4.69, 9.17) is 0 Å². The Kier molecular flexibility index (Phi) is 4.24. The van der Waals surface area contributed by atoms with Gasteiger partial charge in [-0.2, -0.15) is 0 Å². The first-order chi connectivity index (χ1) is 11.0. The second-order valence-corrected chi connectivity index (χ2v) is 6.67. The zero-order valence-electron chi connectivity index (χ0n) is 13.8. The number of hydrogen-bond acceptors (Lipinski definition) is 3. The van der Waals surface area contributed by atoms with Crippen LogP contribution in [0.1, 0.15) is 37.4 Å². The van der Waals surface area contributed by atoms with E-state index in [0.717, 1.165) is 42.8 Å². The highest BCUT2D eigenvalue weighted by atomic mass is 16.2. The first-order valence-corrected chi connectivity index (χ1v) is 8.30. The van der Waals surface area contributed by atoms with Gasteiger partial charge in [0.2, 0.25) is 5.91 Å². The van der Waals surface area contributed by atoms with E-state index < -0.39 is 0 Å². The summed E-state index contributed by atoms with van der Waals surface area (Å²) in [5.41, 5.74) is 2.84. The van der Waals surface area contributed by atoms with Crippen LogP contribution < -0.4 is 10.6 Å². The monoisotopic (exact) mass is 316 g/mol. The Hall–Kier alpha value is -2.11. The Morgan fingerprint density at radius 2 is 2.17 bits per heavy atom. The Bertz CT molecular complexity index is 621. The van der Waals surface area contributed by atoms with Gasteiger partial charge in [-0.15, -0.1) is 0 Å². The molecule has 124 valence electrons. The van der Waals surface area contributed by atoms with Crippen LogP contribution in [0.5, 0.6) is 0 Å². The fourth-order valence-electron chi connectivity index (χ4n) is 3.53. The number of aryl methyl sites for hydroxylation is 2. The number of amides is 3. The van der Waals surface area contributed by atoms with Gasteiger partial charge in [-0.25, -0.2) is 4.79 Å². The van der Waals surface area contributed by atoms with Gasteiger partial charge in [0.1, 0.15) is 0 Å². The molecule has 6 nitrogen and oxygen atoms in total. The number of carbonyl (C=O) groups is 2. The maximum atomic E-state index is 12.6. The van der Waals surface area contributed by atoms with Crippen molar-refractivity contribution >= 4 is 17.6 Å². The van der Waals surface area contributed by atoms with Crippen LogP contribution >= 0.6 is 0 Å². The second-order valence-electron chi connectivity index (χ2n) is 6.67. The van der Waals surface area contributed by atoms with Gasteiger partial charge in [0.15, 0.2) is 0 Å². The summed E-state index contributed by atoms with van der Waals surface area (Å²) in [5, 5.41) is 5.95. The molecule has 3 heterocycles. The van der Waals surface area contributed by atoms with Crippen molar-refractivity contribution in [3.05, 3.63) is 23.5 Å². The Morgan fingerprint density at radius 3 is 2.78 bits per heavy atom. The van der Waals surface area contributed by atoms with Crippen molar-refractivity contribution in [3.8, 4) is 0 Å². The van der Waals surface area contributed by atoms with Crippen LogP contribution in [-0.2, 0) is 11.2 Å². The topological polar surface area (TPSA) is 74.3 Å². The Morgan fingerprint density at radius 1 is 1.43 bits per heavy atom. The van der Waals surface area contributed by atoms with Gasteiger partial charge in [0, 0.05) is 32.3 Å². The van der Waals surface area contributed by atoms with Gasteiger partial charge in [0.25, 0.3) is 0 Å². The van der Waals surface area contributed by atoms with Gasteiger partial charge >= 0.3 is 6.03 Å². The number of rotatable bonds is 2. The number of nitrogens with one attached hydrogen (secondary N) is 2. The van der Waals surface area contributed by atoms with E-state index in [0.29, 0.717) is 19.5 Å². The minimum absolute atomic E-state index is 0.0622. The third-order valence-corrected chi connectivity index (χ3v) is 5.11. The number of urea groups is 1. The molecule has 6 heteroatoms. The minimum Gasteiger partial charge on any atom is -0.356 e. The fourth-order valence-corrected chi connectivity index (χ4v) is 3.53. The molecular weight excluding hydrogens is 292 g/mol. The fraction of sp³-hybridized carbons (Fsp3) is 0.588. The second kappa shape index (κ2) is 6.18. The SMILES string of the molecule is CCc1nccc(C)c1NC(=O)N1CCC2(CC1)CNC(=O)C2. The van der Waals surface area contributed by atoms with E-state index in [9.17, 15) is 9.59 Å². The summed E-state index contributed by atoms with van der Waals surface area (Å²) >= 11 is 0. The number of pyridine rings is 1. The van der Waals surface area contributed by atoms with Crippen molar-refractivity contribution in [2.75, 3.05) is 25.0 Å². The molecule has 3 rings (SSSR count). The van der Waals surface area contributed by atoms with E-state index in [2.05, 4.69) is 15.6 Å². The summed E-state index contributed by atoms with van der Waals surface area (Å²) in [6.07, 6.45) is 4.93. The smallest absolute Gasteiger partial charge is 0.321 e. The Balaban J connectivity index is 1.63. The number of piperidine rings is 1. The highest BCUT2D eigenvalue weighted by molar-refractivity contribution is 5.91. The molecule has 1 aromatic rings. The largest absolute Gasteiger partial charge is 0.356 e. The first-order valence-electron chi connectivity index (χ1n) is 8.30. The van der Waals surface area contributed by atoms with Crippen LogP contribution in [0.4, 0.5) is 10.5 Å². The predicted octanol–water partition coefficient (Wildman–Crippen LogP) is 2.09. The van der Waals surface area contributed by atoms with Gasteiger partial charge in [-0.3, -0.25) is 9.78 Å². The van der Waals surface area contributed by atoms with E-state index in [1.165, 1.54) is 0 Å². The molecule has 2 aliphatic rings. The molecule has 0 radical (unpaired) electrons. The first kappa shape index (κ1) is 15.8. The normalized spacial score (nSPS) is 19.7. The average molecular weight is 316 g/mol. The van der Waals surface area contributed by atoms with Crippen molar-refractivity contribution in [1.82, 2.24) is 15.2 Å². The minimum atomic E-state index is -0.0667. The molecule has 1 spiro atoms. The highest BCUT2D eigenvalue weighted by Gasteiger charge is 2.41. The number of aromatic nitrogens is 1. The molecule has 1 aromatic heterocycles. The number of nitrogens with zero attached hydrogens (tertiary/aromatic N) is 2. The summed E-state index contributed by atoms with van der Waals surface area (Å²) in [5.74, 6) is 0.140. The van der Waals surface area contributed by atoms with Crippen molar-refractivity contribution < 1.29 is 9.59 Å². The number of anilines is 1. The van der Waals surface area contributed by atoms with Crippen LogP contribution in [0.2, 0.25) is 0 Å². The quantitative estimate of drug-likeness (QED) is 0.877. The molecule has 3 amide bonds. The summed E-state index contributed by atoms with van der Waals surface area (Å²) in [6.45, 7) is 6.16. The molecule has 2 saturated heterocycles. The van der Waals surface area contributed by atoms with E-state index in [1.807, 2.05) is 24.8 Å². The number of likely N-dealkylation sites (tertiary alicyclic amines) is 1. The molecule has 0 bridgehead atoms. The maximum absolute atomic E-state index is 12.6. The van der Waals surface area contributed by atoms with Crippen molar-refractivity contribution in [3.63, 3.8) is 0 Å². The third-order valence-electron chi connectivity index (χ3n) is 5.11. The molecule has 0 saturated carbocycles. The average Bonchev–Trinajstić information content (AvgIpc) is 2.90. The van der Waals surface area contributed by atoms with Gasteiger partial charge in [0.05, 0.1) is 11.4 Å². The third kappa shape index (κ3) is 3.16. The van der Waals surface area contributed by atoms with E-state index in [-0.39, 0.29) is 17.4 Å².